The normalized spacial score (nSPS) is 12.6. The van der Waals surface area contributed by atoms with Crippen molar-refractivity contribution in [1.29, 1.82) is 0 Å². The molecule has 20 heavy (non-hydrogen) atoms. The van der Waals surface area contributed by atoms with E-state index in [1.54, 1.807) is 0 Å². The number of nitrogens with one attached hydrogen (secondary N) is 1. The molecule has 0 saturated carbocycles. The van der Waals surface area contributed by atoms with Gasteiger partial charge in [0.05, 0.1) is 11.3 Å². The Kier molecular flexibility index (Phi) is 4.39. The summed E-state index contributed by atoms with van der Waals surface area (Å²) in [5.74, 6) is -1.03. The first-order valence-corrected chi connectivity index (χ1v) is 7.30. The lowest BCUT2D eigenvalue weighted by Crippen LogP contribution is -2.39. The first kappa shape index (κ1) is 14.5. The molecule has 0 aliphatic rings. The average molecular weight is 291 g/mol. The van der Waals surface area contributed by atoms with Crippen molar-refractivity contribution in [2.75, 3.05) is 0 Å². The molecule has 2 N–H and O–H groups in total. The van der Waals surface area contributed by atoms with Crippen molar-refractivity contribution in [3.8, 4) is 0 Å². The first-order chi connectivity index (χ1) is 9.47. The van der Waals surface area contributed by atoms with Gasteiger partial charge in [0.1, 0.15) is 0 Å². The summed E-state index contributed by atoms with van der Waals surface area (Å²) in [7, 11) is 0. The van der Waals surface area contributed by atoms with Gasteiger partial charge in [0.15, 0.2) is 0 Å². The van der Waals surface area contributed by atoms with Gasteiger partial charge in [-0.3, -0.25) is 9.59 Å². The molecular formula is C15H17NO3S. The molecule has 0 bridgehead atoms. The zero-order valence-electron chi connectivity index (χ0n) is 11.4. The van der Waals surface area contributed by atoms with Crippen LogP contribution in [0.1, 0.15) is 29.9 Å². The summed E-state index contributed by atoms with van der Waals surface area (Å²) in [5.41, 5.74) is 0. The highest BCUT2D eigenvalue weighted by atomic mass is 32.1. The van der Waals surface area contributed by atoms with Crippen LogP contribution in [-0.4, -0.2) is 23.0 Å². The van der Waals surface area contributed by atoms with Crippen LogP contribution in [0.15, 0.2) is 30.3 Å². The largest absolute Gasteiger partial charge is 0.481 e. The van der Waals surface area contributed by atoms with Gasteiger partial charge in [-0.15, -0.1) is 11.3 Å². The molecule has 1 heterocycles. The number of carbonyl (C=O) groups excluding carboxylic acids is 1. The third kappa shape index (κ3) is 3.36. The molecular weight excluding hydrogens is 274 g/mol. The van der Waals surface area contributed by atoms with Crippen molar-refractivity contribution in [2.24, 2.45) is 5.92 Å². The standard InChI is InChI=1S/C15H17NO3S/c1-9(2)11(8-14(17)18)16-15(19)13-7-10-5-3-4-6-12(10)20-13/h3-7,9,11H,8H2,1-2H3,(H,16,19)(H,17,18). The monoisotopic (exact) mass is 291 g/mol. The molecule has 5 heteroatoms. The van der Waals surface area contributed by atoms with E-state index in [4.69, 9.17) is 5.11 Å². The molecule has 2 aromatic rings. The highest BCUT2D eigenvalue weighted by Gasteiger charge is 2.21. The Labute approximate surface area is 121 Å². The third-order valence-electron chi connectivity index (χ3n) is 3.17. The van der Waals surface area contributed by atoms with Gasteiger partial charge in [0, 0.05) is 10.7 Å². The van der Waals surface area contributed by atoms with Crippen LogP contribution in [0.4, 0.5) is 0 Å². The van der Waals surface area contributed by atoms with Gasteiger partial charge in [-0.2, -0.15) is 0 Å². The minimum absolute atomic E-state index is 0.0612. The van der Waals surface area contributed by atoms with Gasteiger partial charge in [-0.05, 0) is 23.4 Å². The number of hydrogen-bond donors (Lipinski definition) is 2. The number of hydrogen-bond acceptors (Lipinski definition) is 3. The Bertz CT molecular complexity index is 600. The molecule has 1 amide bonds. The van der Waals surface area contributed by atoms with Gasteiger partial charge in [-0.25, -0.2) is 0 Å². The lowest BCUT2D eigenvalue weighted by Gasteiger charge is -2.20. The van der Waals surface area contributed by atoms with Crippen LogP contribution in [0.5, 0.6) is 0 Å². The van der Waals surface area contributed by atoms with Crippen molar-refractivity contribution in [3.05, 3.63) is 35.2 Å². The van der Waals surface area contributed by atoms with Crippen LogP contribution in [0.25, 0.3) is 10.1 Å². The maximum atomic E-state index is 12.2. The van der Waals surface area contributed by atoms with Crippen LogP contribution in [0.3, 0.4) is 0 Å². The highest BCUT2D eigenvalue weighted by Crippen LogP contribution is 2.25. The molecule has 1 unspecified atom stereocenters. The summed E-state index contributed by atoms with van der Waals surface area (Å²) < 4.78 is 1.05. The summed E-state index contributed by atoms with van der Waals surface area (Å²) in [6.07, 6.45) is -0.0612. The van der Waals surface area contributed by atoms with E-state index in [0.717, 1.165) is 10.1 Å². The Morgan fingerprint density at radius 3 is 2.60 bits per heavy atom. The van der Waals surface area contributed by atoms with E-state index in [9.17, 15) is 9.59 Å². The number of amides is 1. The zero-order chi connectivity index (χ0) is 14.7. The first-order valence-electron chi connectivity index (χ1n) is 6.48. The van der Waals surface area contributed by atoms with Crippen LogP contribution in [0, 0.1) is 5.92 Å². The summed E-state index contributed by atoms with van der Waals surface area (Å²) >= 11 is 1.42. The molecule has 0 saturated heterocycles. The lowest BCUT2D eigenvalue weighted by molar-refractivity contribution is -0.137. The molecule has 1 aromatic carbocycles. The SMILES string of the molecule is CC(C)C(CC(=O)O)NC(=O)c1cc2ccccc2s1. The van der Waals surface area contributed by atoms with Gasteiger partial charge >= 0.3 is 5.97 Å². The molecule has 0 aliphatic heterocycles. The van der Waals surface area contributed by atoms with Crippen molar-refractivity contribution in [2.45, 2.75) is 26.3 Å². The van der Waals surface area contributed by atoms with E-state index in [1.807, 2.05) is 44.2 Å². The fourth-order valence-electron chi connectivity index (χ4n) is 1.97. The number of carboxylic acids is 1. The molecule has 0 fully saturated rings. The second kappa shape index (κ2) is 6.05. The fourth-order valence-corrected chi connectivity index (χ4v) is 2.94. The number of fused-ring (bicyclic) bond motifs is 1. The van der Waals surface area contributed by atoms with E-state index < -0.39 is 5.97 Å². The van der Waals surface area contributed by atoms with Gasteiger partial charge in [0.25, 0.3) is 5.91 Å². The van der Waals surface area contributed by atoms with Gasteiger partial charge in [-0.1, -0.05) is 32.0 Å². The second-order valence-corrected chi connectivity index (χ2v) is 6.15. The number of thiophene rings is 1. The molecule has 0 aliphatic carbocycles. The highest BCUT2D eigenvalue weighted by molar-refractivity contribution is 7.20. The number of carboxylic acid groups (broad SMARTS) is 1. The molecule has 106 valence electrons. The van der Waals surface area contributed by atoms with E-state index in [-0.39, 0.29) is 24.3 Å². The molecule has 1 aromatic heterocycles. The maximum Gasteiger partial charge on any atom is 0.305 e. The lowest BCUT2D eigenvalue weighted by atomic mass is 10.0. The van der Waals surface area contributed by atoms with E-state index in [2.05, 4.69) is 5.32 Å². The number of aliphatic carboxylic acids is 1. The number of carbonyl (C=O) groups is 2. The van der Waals surface area contributed by atoms with E-state index in [0.29, 0.717) is 4.88 Å². The molecule has 0 radical (unpaired) electrons. The summed E-state index contributed by atoms with van der Waals surface area (Å²) in [6, 6.07) is 9.27. The Balaban J connectivity index is 2.15. The van der Waals surface area contributed by atoms with Crippen molar-refractivity contribution in [3.63, 3.8) is 0 Å². The Morgan fingerprint density at radius 1 is 1.30 bits per heavy atom. The summed E-state index contributed by atoms with van der Waals surface area (Å²) in [4.78, 5) is 23.7. The molecule has 0 spiro atoms. The molecule has 1 atom stereocenters. The Morgan fingerprint density at radius 2 is 2.00 bits per heavy atom. The molecule has 4 nitrogen and oxygen atoms in total. The van der Waals surface area contributed by atoms with Crippen LogP contribution in [-0.2, 0) is 4.79 Å². The summed E-state index contributed by atoms with van der Waals surface area (Å²) in [6.45, 7) is 3.80. The number of benzene rings is 1. The van der Waals surface area contributed by atoms with Gasteiger partial charge < -0.3 is 10.4 Å². The van der Waals surface area contributed by atoms with Crippen molar-refractivity contribution < 1.29 is 14.7 Å². The molecule has 2 rings (SSSR count). The smallest absolute Gasteiger partial charge is 0.305 e. The minimum Gasteiger partial charge on any atom is -0.481 e. The average Bonchev–Trinajstić information content (AvgIpc) is 2.81. The van der Waals surface area contributed by atoms with E-state index in [1.165, 1.54) is 11.3 Å². The second-order valence-electron chi connectivity index (χ2n) is 5.07. The third-order valence-corrected chi connectivity index (χ3v) is 4.28. The fraction of sp³-hybridized carbons (Fsp3) is 0.333. The quantitative estimate of drug-likeness (QED) is 0.889. The predicted octanol–water partition coefficient (Wildman–Crippen LogP) is 3.13. The maximum absolute atomic E-state index is 12.2. The van der Waals surface area contributed by atoms with Crippen molar-refractivity contribution >= 4 is 33.3 Å². The zero-order valence-corrected chi connectivity index (χ0v) is 12.2. The topological polar surface area (TPSA) is 66.4 Å². The van der Waals surface area contributed by atoms with Crippen LogP contribution >= 0.6 is 11.3 Å². The van der Waals surface area contributed by atoms with Crippen LogP contribution in [0.2, 0.25) is 0 Å². The van der Waals surface area contributed by atoms with E-state index >= 15 is 0 Å². The number of rotatable bonds is 5. The Hall–Kier alpha value is -1.88. The van der Waals surface area contributed by atoms with Gasteiger partial charge in [0.2, 0.25) is 0 Å². The summed E-state index contributed by atoms with van der Waals surface area (Å²) in [5, 5.41) is 12.7. The minimum atomic E-state index is -0.902. The van der Waals surface area contributed by atoms with Crippen LogP contribution < -0.4 is 5.32 Å². The van der Waals surface area contributed by atoms with Crippen molar-refractivity contribution in [1.82, 2.24) is 5.32 Å². The predicted molar refractivity (Wildman–Crippen MR) is 80.2 cm³/mol.